The number of rotatable bonds is 9. The van der Waals surface area contributed by atoms with Gasteiger partial charge in [-0.15, -0.1) is 0 Å². The summed E-state index contributed by atoms with van der Waals surface area (Å²) >= 11 is 0. The van der Waals surface area contributed by atoms with Crippen molar-refractivity contribution >= 4 is 9.84 Å². The topological polar surface area (TPSA) is 55.4 Å². The fourth-order valence-corrected chi connectivity index (χ4v) is 2.23. The van der Waals surface area contributed by atoms with E-state index in [1.807, 2.05) is 13.8 Å². The van der Waals surface area contributed by atoms with E-state index < -0.39 is 9.84 Å². The van der Waals surface area contributed by atoms with Gasteiger partial charge < -0.3 is 10.1 Å². The molecule has 0 heterocycles. The van der Waals surface area contributed by atoms with E-state index >= 15 is 0 Å². The molecule has 0 amide bonds. The van der Waals surface area contributed by atoms with E-state index in [0.29, 0.717) is 13.0 Å². The normalized spacial score (nSPS) is 16.0. The summed E-state index contributed by atoms with van der Waals surface area (Å²) < 4.78 is 27.8. The molecule has 0 aliphatic rings. The lowest BCUT2D eigenvalue weighted by molar-refractivity contribution is 0.0468. The fourth-order valence-electron chi connectivity index (χ4n) is 1.55. The van der Waals surface area contributed by atoms with E-state index in [-0.39, 0.29) is 17.9 Å². The summed E-state index contributed by atoms with van der Waals surface area (Å²) in [6.45, 7) is 7.57. The Balaban J connectivity index is 4.19. The van der Waals surface area contributed by atoms with E-state index in [4.69, 9.17) is 4.74 Å². The highest BCUT2D eigenvalue weighted by Gasteiger charge is 2.18. The van der Waals surface area contributed by atoms with E-state index in [1.54, 1.807) is 0 Å². The zero-order valence-corrected chi connectivity index (χ0v) is 11.6. The number of sulfone groups is 1. The minimum absolute atomic E-state index is 0.0540. The van der Waals surface area contributed by atoms with Crippen LogP contribution in [0, 0.1) is 0 Å². The molecule has 0 fully saturated rings. The van der Waals surface area contributed by atoms with Crippen LogP contribution in [0.2, 0.25) is 0 Å². The van der Waals surface area contributed by atoms with Crippen LogP contribution >= 0.6 is 0 Å². The van der Waals surface area contributed by atoms with Crippen LogP contribution in [-0.4, -0.2) is 45.7 Å². The van der Waals surface area contributed by atoms with Gasteiger partial charge in [-0.3, -0.25) is 0 Å². The lowest BCUT2D eigenvalue weighted by Crippen LogP contribution is -2.41. The predicted octanol–water partition coefficient (Wildman–Crippen LogP) is 1.21. The van der Waals surface area contributed by atoms with Crippen LogP contribution < -0.4 is 5.32 Å². The molecule has 1 N–H and O–H groups in total. The highest BCUT2D eigenvalue weighted by molar-refractivity contribution is 7.90. The van der Waals surface area contributed by atoms with Crippen molar-refractivity contribution in [3.8, 4) is 0 Å². The van der Waals surface area contributed by atoms with Crippen molar-refractivity contribution in [2.75, 3.05) is 25.2 Å². The highest BCUT2D eigenvalue weighted by Crippen LogP contribution is 2.05. The number of hydrogen-bond donors (Lipinski definition) is 1. The molecule has 16 heavy (non-hydrogen) atoms. The van der Waals surface area contributed by atoms with Gasteiger partial charge in [0.25, 0.3) is 0 Å². The smallest absolute Gasteiger partial charge is 0.147 e. The summed E-state index contributed by atoms with van der Waals surface area (Å²) in [6.07, 6.45) is 2.97. The Morgan fingerprint density at radius 2 is 1.94 bits per heavy atom. The fraction of sp³-hybridized carbons (Fsp3) is 1.00. The third-order valence-electron chi connectivity index (χ3n) is 2.45. The van der Waals surface area contributed by atoms with Crippen molar-refractivity contribution in [3.05, 3.63) is 0 Å². The molecule has 0 saturated carbocycles. The van der Waals surface area contributed by atoms with Crippen LogP contribution in [0.15, 0.2) is 0 Å². The third kappa shape index (κ3) is 8.07. The maximum Gasteiger partial charge on any atom is 0.147 e. The monoisotopic (exact) mass is 251 g/mol. The SMILES string of the molecule is CCCNC(CCS(C)(=O)=O)C(C)OCC. The maximum atomic E-state index is 11.1. The summed E-state index contributed by atoms with van der Waals surface area (Å²) in [7, 11) is -2.89. The van der Waals surface area contributed by atoms with Crippen molar-refractivity contribution in [1.29, 1.82) is 0 Å². The van der Waals surface area contributed by atoms with E-state index in [1.165, 1.54) is 6.26 Å². The average Bonchev–Trinajstić information content (AvgIpc) is 2.16. The maximum absolute atomic E-state index is 11.1. The average molecular weight is 251 g/mol. The van der Waals surface area contributed by atoms with E-state index in [9.17, 15) is 8.42 Å². The van der Waals surface area contributed by atoms with E-state index in [2.05, 4.69) is 12.2 Å². The third-order valence-corrected chi connectivity index (χ3v) is 3.43. The Morgan fingerprint density at radius 3 is 2.38 bits per heavy atom. The molecule has 5 heteroatoms. The molecular weight excluding hydrogens is 226 g/mol. The van der Waals surface area contributed by atoms with Gasteiger partial charge in [0.15, 0.2) is 0 Å². The van der Waals surface area contributed by atoms with Gasteiger partial charge in [-0.2, -0.15) is 0 Å². The molecule has 0 aliphatic heterocycles. The minimum Gasteiger partial charge on any atom is -0.377 e. The zero-order chi connectivity index (χ0) is 12.6. The van der Waals surface area contributed by atoms with Crippen molar-refractivity contribution in [1.82, 2.24) is 5.32 Å². The van der Waals surface area contributed by atoms with Crippen LogP contribution in [-0.2, 0) is 14.6 Å². The number of nitrogens with one attached hydrogen (secondary N) is 1. The quantitative estimate of drug-likeness (QED) is 0.669. The van der Waals surface area contributed by atoms with Gasteiger partial charge >= 0.3 is 0 Å². The molecule has 0 radical (unpaired) electrons. The molecule has 0 aromatic rings. The second-order valence-corrected chi connectivity index (χ2v) is 6.40. The van der Waals surface area contributed by atoms with Crippen molar-refractivity contribution in [2.24, 2.45) is 0 Å². The molecule has 2 atom stereocenters. The first-order valence-corrected chi connectivity index (χ1v) is 7.99. The molecule has 2 unspecified atom stereocenters. The lowest BCUT2D eigenvalue weighted by atomic mass is 10.1. The minimum atomic E-state index is -2.89. The number of hydrogen-bond acceptors (Lipinski definition) is 4. The van der Waals surface area contributed by atoms with Crippen molar-refractivity contribution in [2.45, 2.75) is 45.8 Å². The molecule has 0 bridgehead atoms. The van der Waals surface area contributed by atoms with Crippen LogP contribution in [0.25, 0.3) is 0 Å². The van der Waals surface area contributed by atoms with Gasteiger partial charge in [0.1, 0.15) is 9.84 Å². The summed E-state index contributed by atoms with van der Waals surface area (Å²) in [5, 5.41) is 3.34. The molecule has 0 aliphatic carbocycles. The van der Waals surface area contributed by atoms with Crippen LogP contribution in [0.5, 0.6) is 0 Å². The molecule has 98 valence electrons. The highest BCUT2D eigenvalue weighted by atomic mass is 32.2. The lowest BCUT2D eigenvalue weighted by Gasteiger charge is -2.24. The molecule has 0 aromatic heterocycles. The van der Waals surface area contributed by atoms with Crippen LogP contribution in [0.4, 0.5) is 0 Å². The molecule has 4 nitrogen and oxygen atoms in total. The largest absolute Gasteiger partial charge is 0.377 e. The van der Waals surface area contributed by atoms with Gasteiger partial charge in [0.05, 0.1) is 11.9 Å². The van der Waals surface area contributed by atoms with Crippen molar-refractivity contribution in [3.63, 3.8) is 0 Å². The standard InChI is InChI=1S/C11H25NO3S/c1-5-8-12-11(10(3)15-6-2)7-9-16(4,13)14/h10-12H,5-9H2,1-4H3. The van der Waals surface area contributed by atoms with Gasteiger partial charge in [-0.05, 0) is 33.2 Å². The second kappa shape index (κ2) is 8.03. The number of ether oxygens (including phenoxy) is 1. The first kappa shape index (κ1) is 15.9. The van der Waals surface area contributed by atoms with Crippen LogP contribution in [0.1, 0.15) is 33.6 Å². The Labute approximate surface area is 99.7 Å². The van der Waals surface area contributed by atoms with Gasteiger partial charge in [0, 0.05) is 18.9 Å². The van der Waals surface area contributed by atoms with Gasteiger partial charge in [-0.25, -0.2) is 8.42 Å². The van der Waals surface area contributed by atoms with Crippen LogP contribution in [0.3, 0.4) is 0 Å². The van der Waals surface area contributed by atoms with Gasteiger partial charge in [0.2, 0.25) is 0 Å². The van der Waals surface area contributed by atoms with E-state index in [0.717, 1.165) is 13.0 Å². The Hall–Kier alpha value is -0.130. The molecule has 0 saturated heterocycles. The Morgan fingerprint density at radius 1 is 1.31 bits per heavy atom. The molecule has 0 aromatic carbocycles. The summed E-state index contributed by atoms with van der Waals surface area (Å²) in [5.74, 6) is 0.214. The first-order chi connectivity index (χ1) is 7.40. The summed E-state index contributed by atoms with van der Waals surface area (Å²) in [6, 6.07) is 0.120. The van der Waals surface area contributed by atoms with Gasteiger partial charge in [-0.1, -0.05) is 6.92 Å². The summed E-state index contributed by atoms with van der Waals surface area (Å²) in [5.41, 5.74) is 0. The first-order valence-electron chi connectivity index (χ1n) is 5.93. The van der Waals surface area contributed by atoms with Crippen molar-refractivity contribution < 1.29 is 13.2 Å². The second-order valence-electron chi connectivity index (χ2n) is 4.14. The Bertz CT molecular complexity index is 264. The predicted molar refractivity (Wildman–Crippen MR) is 67.5 cm³/mol. The molecule has 0 spiro atoms. The summed E-state index contributed by atoms with van der Waals surface area (Å²) in [4.78, 5) is 0. The molecule has 0 rings (SSSR count). The zero-order valence-electron chi connectivity index (χ0n) is 10.8. The molecular formula is C11H25NO3S. The Kier molecular flexibility index (Phi) is 7.97.